The number of halogens is 4. The molecule has 2 aromatic heterocycles. The lowest BCUT2D eigenvalue weighted by molar-refractivity contribution is -0.137. The fourth-order valence-corrected chi connectivity index (χ4v) is 4.16. The van der Waals surface area contributed by atoms with Gasteiger partial charge in [-0.15, -0.1) is 11.3 Å². The summed E-state index contributed by atoms with van der Waals surface area (Å²) in [5.41, 5.74) is -0.790. The Bertz CT molecular complexity index is 1020. The second-order valence-electron chi connectivity index (χ2n) is 6.60. The van der Waals surface area contributed by atoms with E-state index in [1.165, 1.54) is 29.5 Å². The third kappa shape index (κ3) is 3.80. The maximum absolute atomic E-state index is 13.3. The first-order chi connectivity index (χ1) is 13.3. The first kappa shape index (κ1) is 18.7. The molecule has 0 saturated carbocycles. The van der Waals surface area contributed by atoms with E-state index in [2.05, 4.69) is 10.3 Å². The second kappa shape index (κ2) is 7.05. The van der Waals surface area contributed by atoms with Gasteiger partial charge in [-0.25, -0.2) is 9.37 Å². The van der Waals surface area contributed by atoms with Gasteiger partial charge in [-0.2, -0.15) is 13.2 Å². The number of carbonyl (C=O) groups is 1. The van der Waals surface area contributed by atoms with E-state index in [1.54, 1.807) is 12.1 Å². The van der Waals surface area contributed by atoms with Crippen molar-refractivity contribution in [1.29, 1.82) is 0 Å². The van der Waals surface area contributed by atoms with Gasteiger partial charge >= 0.3 is 6.18 Å². The summed E-state index contributed by atoms with van der Waals surface area (Å²) in [7, 11) is 0. The van der Waals surface area contributed by atoms with Crippen LogP contribution in [0.2, 0.25) is 0 Å². The Hall–Kier alpha value is -2.68. The monoisotopic (exact) mass is 409 g/mol. The zero-order valence-corrected chi connectivity index (χ0v) is 15.3. The lowest BCUT2D eigenvalue weighted by Crippen LogP contribution is -2.36. The fourth-order valence-electron chi connectivity index (χ4n) is 3.21. The third-order valence-electron chi connectivity index (χ3n) is 4.62. The van der Waals surface area contributed by atoms with Crippen LogP contribution in [0.5, 0.6) is 0 Å². The lowest BCUT2D eigenvalue weighted by atomic mass is 10.2. The molecule has 1 aliphatic heterocycles. The molecule has 4 rings (SSSR count). The van der Waals surface area contributed by atoms with Crippen molar-refractivity contribution >= 4 is 33.1 Å². The Labute approximate surface area is 161 Å². The van der Waals surface area contributed by atoms with Crippen LogP contribution in [0.3, 0.4) is 0 Å². The van der Waals surface area contributed by atoms with E-state index in [0.29, 0.717) is 35.6 Å². The van der Waals surface area contributed by atoms with E-state index < -0.39 is 11.7 Å². The molecular weight excluding hydrogens is 394 g/mol. The van der Waals surface area contributed by atoms with Crippen LogP contribution in [0.1, 0.15) is 21.7 Å². The molecule has 1 atom stereocenters. The number of rotatable bonds is 3. The van der Waals surface area contributed by atoms with Crippen molar-refractivity contribution in [2.45, 2.75) is 18.6 Å². The second-order valence-corrected chi connectivity index (χ2v) is 7.68. The van der Waals surface area contributed by atoms with Crippen LogP contribution in [0.25, 0.3) is 10.1 Å². The van der Waals surface area contributed by atoms with Crippen molar-refractivity contribution in [2.75, 3.05) is 18.0 Å². The number of benzene rings is 1. The van der Waals surface area contributed by atoms with Crippen molar-refractivity contribution in [1.82, 2.24) is 10.3 Å². The topological polar surface area (TPSA) is 45.2 Å². The highest BCUT2D eigenvalue weighted by Gasteiger charge is 2.31. The normalized spacial score (nSPS) is 17.3. The van der Waals surface area contributed by atoms with Crippen LogP contribution in [0.4, 0.5) is 23.4 Å². The molecule has 0 spiro atoms. The van der Waals surface area contributed by atoms with Gasteiger partial charge in [0.25, 0.3) is 5.91 Å². The molecule has 9 heteroatoms. The Balaban J connectivity index is 1.40. The molecule has 1 amide bonds. The molecule has 3 aromatic rings. The highest BCUT2D eigenvalue weighted by Crippen LogP contribution is 2.30. The molecule has 0 bridgehead atoms. The Kier molecular flexibility index (Phi) is 4.70. The predicted octanol–water partition coefficient (Wildman–Crippen LogP) is 4.46. The maximum Gasteiger partial charge on any atom is 0.417 e. The number of nitrogens with zero attached hydrogens (tertiary/aromatic N) is 2. The van der Waals surface area contributed by atoms with Gasteiger partial charge in [-0.1, -0.05) is 0 Å². The molecule has 1 saturated heterocycles. The summed E-state index contributed by atoms with van der Waals surface area (Å²) in [6.07, 6.45) is -2.94. The summed E-state index contributed by atoms with van der Waals surface area (Å²) in [5.74, 6) is -0.149. The number of pyridine rings is 1. The van der Waals surface area contributed by atoms with Crippen LogP contribution in [0, 0.1) is 5.82 Å². The minimum Gasteiger partial charge on any atom is -0.354 e. The summed E-state index contributed by atoms with van der Waals surface area (Å²) < 4.78 is 52.1. The van der Waals surface area contributed by atoms with E-state index in [4.69, 9.17) is 0 Å². The maximum atomic E-state index is 13.3. The molecule has 1 unspecified atom stereocenters. The average molecular weight is 409 g/mol. The van der Waals surface area contributed by atoms with Gasteiger partial charge in [-0.3, -0.25) is 4.79 Å². The van der Waals surface area contributed by atoms with E-state index in [-0.39, 0.29) is 17.8 Å². The minimum atomic E-state index is -4.42. The largest absolute Gasteiger partial charge is 0.417 e. The number of fused-ring (bicyclic) bond motifs is 1. The molecule has 1 fully saturated rings. The van der Waals surface area contributed by atoms with Gasteiger partial charge in [0.05, 0.1) is 10.4 Å². The molecule has 3 heterocycles. The smallest absolute Gasteiger partial charge is 0.354 e. The Morgan fingerprint density at radius 3 is 2.75 bits per heavy atom. The summed E-state index contributed by atoms with van der Waals surface area (Å²) in [6.45, 7) is 1.05. The number of amides is 1. The van der Waals surface area contributed by atoms with Gasteiger partial charge in [0.1, 0.15) is 11.6 Å². The Morgan fingerprint density at radius 1 is 1.21 bits per heavy atom. The van der Waals surface area contributed by atoms with Crippen molar-refractivity contribution in [3.63, 3.8) is 0 Å². The van der Waals surface area contributed by atoms with Crippen LogP contribution in [0.15, 0.2) is 42.6 Å². The highest BCUT2D eigenvalue weighted by atomic mass is 32.1. The third-order valence-corrected chi connectivity index (χ3v) is 5.74. The molecule has 1 aromatic carbocycles. The lowest BCUT2D eigenvalue weighted by Gasteiger charge is -2.18. The molecule has 28 heavy (non-hydrogen) atoms. The molecule has 0 radical (unpaired) electrons. The average Bonchev–Trinajstić information content (AvgIpc) is 3.27. The number of hydrogen-bond donors (Lipinski definition) is 1. The minimum absolute atomic E-state index is 0.140. The number of anilines is 1. The molecular formula is C19H15F4N3OS. The molecule has 1 N–H and O–H groups in total. The van der Waals surface area contributed by atoms with Crippen molar-refractivity contribution in [2.24, 2.45) is 0 Å². The van der Waals surface area contributed by atoms with Crippen molar-refractivity contribution in [3.05, 3.63) is 58.9 Å². The van der Waals surface area contributed by atoms with Gasteiger partial charge in [0, 0.05) is 30.0 Å². The number of carbonyl (C=O) groups excluding carboxylic acids is 1. The number of thiophene rings is 1. The predicted molar refractivity (Wildman–Crippen MR) is 99.1 cm³/mol. The van der Waals surface area contributed by atoms with Crippen LogP contribution < -0.4 is 10.2 Å². The van der Waals surface area contributed by atoms with Crippen molar-refractivity contribution in [3.8, 4) is 0 Å². The molecule has 146 valence electrons. The standard InChI is InChI=1S/C19H15F4N3OS/c20-13-2-3-15-11(7-13)8-16(28-15)18(27)25-14-5-6-26(10-14)17-4-1-12(9-24-17)19(21,22)23/h1-4,7-9,14H,5-6,10H2,(H,25,27). The van der Waals surface area contributed by atoms with Gasteiger partial charge in [-0.05, 0) is 48.2 Å². The first-order valence-electron chi connectivity index (χ1n) is 8.58. The van der Waals surface area contributed by atoms with Crippen LogP contribution in [-0.2, 0) is 6.18 Å². The van der Waals surface area contributed by atoms with E-state index in [9.17, 15) is 22.4 Å². The summed E-state index contributed by atoms with van der Waals surface area (Å²) in [5, 5.41) is 3.61. The fraction of sp³-hybridized carbons (Fsp3) is 0.263. The van der Waals surface area contributed by atoms with E-state index in [0.717, 1.165) is 17.0 Å². The summed E-state index contributed by atoms with van der Waals surface area (Å²) in [4.78, 5) is 18.7. The van der Waals surface area contributed by atoms with Crippen molar-refractivity contribution < 1.29 is 22.4 Å². The van der Waals surface area contributed by atoms with E-state index in [1.807, 2.05) is 4.90 Å². The number of nitrogens with one attached hydrogen (secondary N) is 1. The van der Waals surface area contributed by atoms with Gasteiger partial charge < -0.3 is 10.2 Å². The SMILES string of the molecule is O=C(NC1CCN(c2ccc(C(F)(F)F)cn2)C1)c1cc2cc(F)ccc2s1. The summed E-state index contributed by atoms with van der Waals surface area (Å²) >= 11 is 1.29. The molecule has 4 nitrogen and oxygen atoms in total. The van der Waals surface area contributed by atoms with Crippen LogP contribution >= 0.6 is 11.3 Å². The van der Waals surface area contributed by atoms with E-state index >= 15 is 0 Å². The molecule has 1 aliphatic rings. The Morgan fingerprint density at radius 2 is 2.04 bits per heavy atom. The van der Waals surface area contributed by atoms with Gasteiger partial charge in [0.15, 0.2) is 0 Å². The summed E-state index contributed by atoms with van der Waals surface area (Å²) in [6, 6.07) is 8.24. The quantitative estimate of drug-likeness (QED) is 0.650. The zero-order chi connectivity index (χ0) is 19.9. The first-order valence-corrected chi connectivity index (χ1v) is 9.39. The number of hydrogen-bond acceptors (Lipinski definition) is 4. The zero-order valence-electron chi connectivity index (χ0n) is 14.5. The number of aromatic nitrogens is 1. The van der Waals surface area contributed by atoms with Crippen LogP contribution in [-0.4, -0.2) is 30.0 Å². The van der Waals surface area contributed by atoms with Gasteiger partial charge in [0.2, 0.25) is 0 Å². The number of alkyl halides is 3. The molecule has 0 aliphatic carbocycles. The highest BCUT2D eigenvalue weighted by molar-refractivity contribution is 7.20.